The first-order valence-corrected chi connectivity index (χ1v) is 17.2. The monoisotopic (exact) mass is 631 g/mol. The number of aliphatic imine (C=N–C) groups is 2. The summed E-state index contributed by atoms with van der Waals surface area (Å²) in [5.74, 6) is 2.10. The number of amidine groups is 1. The van der Waals surface area contributed by atoms with Gasteiger partial charge in [0.15, 0.2) is 0 Å². The molecule has 0 atom stereocenters. The number of hydrogen-bond donors (Lipinski definition) is 4. The maximum atomic E-state index is 11.8. The van der Waals surface area contributed by atoms with Gasteiger partial charge in [-0.05, 0) is 104 Å². The van der Waals surface area contributed by atoms with Crippen LogP contribution in [0, 0.1) is 5.92 Å². The van der Waals surface area contributed by atoms with Crippen LogP contribution < -0.4 is 26.6 Å². The number of nitrogens with one attached hydrogen (secondary N) is 3. The standard InChI is InChI=1S/C39H49N7O/c1-5-8-35-34(24-28-11-15-30(16-12-28)32-9-6-7-10-33(32)37-43-25-36(47)45-37)26(2)46(38(41-3)44-35)31-17-13-27(14-18-31)23-29-19-21-39(40,42-4)22-20-29/h9-18,29,42H,2,5-8,19-25,40H2,1,3-4H3,(H,41,44)(H,43,45,47). The molecule has 2 aliphatic heterocycles. The van der Waals surface area contributed by atoms with Crippen molar-refractivity contribution in [3.8, 4) is 0 Å². The van der Waals surface area contributed by atoms with E-state index in [0.717, 1.165) is 98.3 Å². The van der Waals surface area contributed by atoms with Gasteiger partial charge in [-0.3, -0.25) is 19.7 Å². The van der Waals surface area contributed by atoms with E-state index in [-0.39, 0.29) is 18.1 Å². The summed E-state index contributed by atoms with van der Waals surface area (Å²) in [6.07, 6.45) is 14.5. The van der Waals surface area contributed by atoms with Crippen molar-refractivity contribution in [1.82, 2.24) is 16.0 Å². The van der Waals surface area contributed by atoms with E-state index in [1.807, 2.05) is 14.1 Å². The lowest BCUT2D eigenvalue weighted by Gasteiger charge is -2.37. The first-order chi connectivity index (χ1) is 22.8. The third-order valence-corrected chi connectivity index (χ3v) is 10.1. The summed E-state index contributed by atoms with van der Waals surface area (Å²) < 4.78 is 0. The molecule has 0 bridgehead atoms. The molecule has 2 heterocycles. The van der Waals surface area contributed by atoms with Crippen LogP contribution in [0.5, 0.6) is 0 Å². The predicted octanol–water partition coefficient (Wildman–Crippen LogP) is 6.13. The van der Waals surface area contributed by atoms with Gasteiger partial charge in [0, 0.05) is 36.1 Å². The van der Waals surface area contributed by atoms with Crippen molar-refractivity contribution in [1.29, 1.82) is 0 Å². The van der Waals surface area contributed by atoms with Gasteiger partial charge in [0.2, 0.25) is 11.9 Å². The van der Waals surface area contributed by atoms with E-state index in [2.05, 4.69) is 105 Å². The molecule has 5 N–H and O–H groups in total. The molecule has 47 heavy (non-hydrogen) atoms. The fraction of sp³-hybridized carbons (Fsp3) is 0.410. The number of hydrogen-bond acceptors (Lipinski definition) is 5. The number of carbonyl (C=O) groups excluding carboxylic acids is 1. The fourth-order valence-electron chi connectivity index (χ4n) is 7.26. The van der Waals surface area contributed by atoms with Gasteiger partial charge in [0.1, 0.15) is 12.4 Å². The van der Waals surface area contributed by atoms with Crippen molar-refractivity contribution < 1.29 is 4.79 Å². The van der Waals surface area contributed by atoms with Crippen LogP contribution in [0.3, 0.4) is 0 Å². The van der Waals surface area contributed by atoms with Gasteiger partial charge in [0.05, 0.1) is 5.66 Å². The second-order valence-corrected chi connectivity index (χ2v) is 13.3. The van der Waals surface area contributed by atoms with Gasteiger partial charge in [-0.2, -0.15) is 0 Å². The van der Waals surface area contributed by atoms with Gasteiger partial charge in [-0.15, -0.1) is 0 Å². The second-order valence-electron chi connectivity index (χ2n) is 13.3. The van der Waals surface area contributed by atoms with Crippen LogP contribution in [0.15, 0.2) is 99.8 Å². The molecular formula is C39H49N7O. The van der Waals surface area contributed by atoms with Crippen molar-refractivity contribution in [3.63, 3.8) is 0 Å². The number of nitrogens with zero attached hydrogens (tertiary/aromatic N) is 3. The van der Waals surface area contributed by atoms with Crippen LogP contribution in [0.4, 0.5) is 5.69 Å². The van der Waals surface area contributed by atoms with E-state index in [9.17, 15) is 4.79 Å². The number of carbonyl (C=O) groups is 1. The minimum Gasteiger partial charge on any atom is -0.329 e. The number of allylic oxidation sites excluding steroid dienone is 4. The van der Waals surface area contributed by atoms with Gasteiger partial charge in [-0.25, -0.2) is 0 Å². The summed E-state index contributed by atoms with van der Waals surface area (Å²) in [6, 6.07) is 17.7. The van der Waals surface area contributed by atoms with Gasteiger partial charge < -0.3 is 21.7 Å². The van der Waals surface area contributed by atoms with E-state index >= 15 is 0 Å². The molecule has 8 heteroatoms. The highest BCUT2D eigenvalue weighted by Crippen LogP contribution is 2.35. The van der Waals surface area contributed by atoms with Crippen molar-refractivity contribution >= 4 is 29.0 Å². The van der Waals surface area contributed by atoms with Crippen LogP contribution >= 0.6 is 0 Å². The molecule has 0 spiro atoms. The molecule has 6 rings (SSSR count). The van der Waals surface area contributed by atoms with E-state index in [1.54, 1.807) is 0 Å². The molecule has 1 amide bonds. The highest BCUT2D eigenvalue weighted by atomic mass is 16.2. The Morgan fingerprint density at radius 2 is 1.70 bits per heavy atom. The molecule has 2 aromatic carbocycles. The molecule has 1 saturated carbocycles. The molecule has 0 radical (unpaired) electrons. The van der Waals surface area contributed by atoms with E-state index in [0.29, 0.717) is 11.8 Å². The van der Waals surface area contributed by atoms with Crippen LogP contribution in [-0.4, -0.2) is 44.0 Å². The molecule has 0 saturated heterocycles. The maximum Gasteiger partial charge on any atom is 0.247 e. The summed E-state index contributed by atoms with van der Waals surface area (Å²) >= 11 is 0. The molecule has 246 valence electrons. The summed E-state index contributed by atoms with van der Waals surface area (Å²) in [4.78, 5) is 23.1. The first kappa shape index (κ1) is 32.7. The highest BCUT2D eigenvalue weighted by molar-refractivity contribution is 6.20. The summed E-state index contributed by atoms with van der Waals surface area (Å²) in [5.41, 5.74) is 16.5. The molecule has 1 fully saturated rings. The molecule has 2 aliphatic carbocycles. The molecule has 8 nitrogen and oxygen atoms in total. The Hall–Kier alpha value is -4.27. The molecule has 2 aromatic rings. The largest absolute Gasteiger partial charge is 0.329 e. The number of rotatable bonds is 10. The average molecular weight is 632 g/mol. The molecule has 0 unspecified atom stereocenters. The number of anilines is 1. The van der Waals surface area contributed by atoms with Crippen LogP contribution in [-0.2, 0) is 17.6 Å². The molecule has 0 aromatic heterocycles. The lowest BCUT2D eigenvalue weighted by Crippen LogP contribution is -2.53. The zero-order chi connectivity index (χ0) is 33.0. The number of amides is 1. The molecular weight excluding hydrogens is 582 g/mol. The Labute approximate surface area is 279 Å². The summed E-state index contributed by atoms with van der Waals surface area (Å²) in [5, 5.41) is 9.89. The topological polar surface area (TPSA) is 107 Å². The lowest BCUT2D eigenvalue weighted by molar-refractivity contribution is -0.117. The first-order valence-electron chi connectivity index (χ1n) is 17.2. The smallest absolute Gasteiger partial charge is 0.247 e. The zero-order valence-corrected chi connectivity index (χ0v) is 28.2. The average Bonchev–Trinajstić information content (AvgIpc) is 3.54. The number of benzene rings is 2. The Morgan fingerprint density at radius 1 is 1.02 bits per heavy atom. The quantitative estimate of drug-likeness (QED) is 0.236. The number of guanidine groups is 1. The Balaban J connectivity index is 1.19. The minimum absolute atomic E-state index is 0.0483. The zero-order valence-electron chi connectivity index (χ0n) is 28.2. The van der Waals surface area contributed by atoms with Crippen LogP contribution in [0.25, 0.3) is 5.57 Å². The van der Waals surface area contributed by atoms with Crippen molar-refractivity contribution in [3.05, 3.63) is 106 Å². The Bertz CT molecular complexity index is 1650. The lowest BCUT2D eigenvalue weighted by atomic mass is 9.79. The molecule has 4 aliphatic rings. The minimum atomic E-state index is -0.208. The van der Waals surface area contributed by atoms with Crippen molar-refractivity contribution in [2.45, 2.75) is 76.8 Å². The Morgan fingerprint density at radius 3 is 2.32 bits per heavy atom. The normalized spacial score (nSPS) is 24.2. The SMILES string of the molecule is C=C1C(Cc2ccc(C3=CCCC=C3C3=NCC(=O)N3)cc2)=C(CCC)NC(=NC)N1c1ccc(CC2CCC(N)(NC)CC2)cc1. The summed E-state index contributed by atoms with van der Waals surface area (Å²) in [7, 11) is 3.80. The highest BCUT2D eigenvalue weighted by Gasteiger charge is 2.31. The van der Waals surface area contributed by atoms with Crippen molar-refractivity contribution in [2.24, 2.45) is 21.6 Å². The predicted molar refractivity (Wildman–Crippen MR) is 194 cm³/mol. The van der Waals surface area contributed by atoms with E-state index in [1.165, 1.54) is 22.4 Å². The summed E-state index contributed by atoms with van der Waals surface area (Å²) in [6.45, 7) is 7.04. The van der Waals surface area contributed by atoms with E-state index in [4.69, 9.17) is 5.73 Å². The number of nitrogens with two attached hydrogens (primary N) is 1. The van der Waals surface area contributed by atoms with Gasteiger partial charge in [0.25, 0.3) is 0 Å². The van der Waals surface area contributed by atoms with Crippen LogP contribution in [0.2, 0.25) is 0 Å². The van der Waals surface area contributed by atoms with E-state index < -0.39 is 0 Å². The fourth-order valence-corrected chi connectivity index (χ4v) is 7.26. The van der Waals surface area contributed by atoms with Crippen molar-refractivity contribution in [2.75, 3.05) is 25.5 Å². The van der Waals surface area contributed by atoms with Crippen LogP contribution in [0.1, 0.15) is 75.0 Å². The Kier molecular flexibility index (Phi) is 9.89. The maximum absolute atomic E-state index is 11.8. The second kappa shape index (κ2) is 14.2. The van der Waals surface area contributed by atoms with Gasteiger partial charge >= 0.3 is 0 Å². The van der Waals surface area contributed by atoms with Gasteiger partial charge in [-0.1, -0.05) is 68.5 Å². The third kappa shape index (κ3) is 7.19. The third-order valence-electron chi connectivity index (χ3n) is 10.1.